The van der Waals surface area contributed by atoms with E-state index in [-0.39, 0.29) is 33.9 Å². The van der Waals surface area contributed by atoms with Crippen LogP contribution in [0.5, 0.6) is 0 Å². The number of nitrogens with zero attached hydrogens (tertiary/aromatic N) is 4. The number of nitrogens with two attached hydrogens (primary N) is 1. The topological polar surface area (TPSA) is 322 Å². The van der Waals surface area contributed by atoms with Crippen molar-refractivity contribution in [1.29, 1.82) is 0 Å². The Balaban J connectivity index is 1.43. The Kier molecular flexibility index (Phi) is 10.1. The first-order valence-corrected chi connectivity index (χ1v) is 17.6. The normalized spacial score (nSPS) is 22.9. The Morgan fingerprint density at radius 3 is 2.10 bits per heavy atom. The molecule has 0 spiro atoms. The lowest BCUT2D eigenvalue weighted by molar-refractivity contribution is -0.163. The van der Waals surface area contributed by atoms with Crippen LogP contribution in [-0.4, -0.2) is 85.7 Å². The van der Waals surface area contributed by atoms with E-state index in [0.717, 1.165) is 29.4 Å². The number of aliphatic hydroxyl groups is 2. The summed E-state index contributed by atoms with van der Waals surface area (Å²) in [5, 5.41) is 21.7. The number of carbonyl (C=O) groups excluding carboxylic acids is 2. The van der Waals surface area contributed by atoms with E-state index in [1.165, 1.54) is 12.1 Å². The maximum Gasteiger partial charge on any atom is 0.490 e. The van der Waals surface area contributed by atoms with Crippen LogP contribution in [0.1, 0.15) is 32.5 Å². The highest BCUT2D eigenvalue weighted by molar-refractivity contribution is 7.66. The van der Waals surface area contributed by atoms with Gasteiger partial charge in [-0.1, -0.05) is 42.5 Å². The average Bonchev–Trinajstić information content (AvgIpc) is 3.56. The summed E-state index contributed by atoms with van der Waals surface area (Å²) in [4.78, 5) is 75.1. The van der Waals surface area contributed by atoms with Crippen molar-refractivity contribution in [2.75, 3.05) is 5.73 Å². The van der Waals surface area contributed by atoms with E-state index in [2.05, 4.69) is 23.6 Å². The van der Waals surface area contributed by atoms with Gasteiger partial charge in [-0.3, -0.25) is 9.36 Å². The van der Waals surface area contributed by atoms with Crippen LogP contribution in [0.2, 0.25) is 0 Å². The van der Waals surface area contributed by atoms with Crippen LogP contribution in [0.4, 0.5) is 5.82 Å². The Labute approximate surface area is 267 Å². The van der Waals surface area contributed by atoms with Crippen LogP contribution in [0.15, 0.2) is 67.3 Å². The smallest absolute Gasteiger partial charge is 0.429 e. The van der Waals surface area contributed by atoms with Gasteiger partial charge in [-0.05, 0) is 12.1 Å². The van der Waals surface area contributed by atoms with Gasteiger partial charge in [0.15, 0.2) is 29.6 Å². The largest absolute Gasteiger partial charge is 0.490 e. The van der Waals surface area contributed by atoms with Gasteiger partial charge in [0.05, 0.1) is 11.9 Å². The third kappa shape index (κ3) is 8.08. The summed E-state index contributed by atoms with van der Waals surface area (Å²) in [6.45, 7) is 0. The predicted octanol–water partition coefficient (Wildman–Crippen LogP) is 0.785. The molecule has 1 fully saturated rings. The fourth-order valence-electron chi connectivity index (χ4n) is 4.46. The van der Waals surface area contributed by atoms with E-state index in [0.29, 0.717) is 5.56 Å². The molecule has 0 bridgehead atoms. The summed E-state index contributed by atoms with van der Waals surface area (Å²) in [6, 6.07) is 13.0. The zero-order valence-electron chi connectivity index (χ0n) is 23.7. The lowest BCUT2D eigenvalue weighted by Crippen LogP contribution is -2.42. The molecule has 21 nitrogen and oxygen atoms in total. The summed E-state index contributed by atoms with van der Waals surface area (Å²) in [5.74, 6) is -1.78. The lowest BCUT2D eigenvalue weighted by atomic mass is 10.0. The number of rotatable bonds is 12. The average molecular weight is 731 g/mol. The molecule has 1 saturated heterocycles. The van der Waals surface area contributed by atoms with Crippen molar-refractivity contribution in [1.82, 2.24) is 19.5 Å². The molecule has 5 rings (SSSR count). The second kappa shape index (κ2) is 13.6. The van der Waals surface area contributed by atoms with E-state index in [4.69, 9.17) is 29.5 Å². The van der Waals surface area contributed by atoms with Crippen molar-refractivity contribution >= 4 is 52.2 Å². The van der Waals surface area contributed by atoms with Crippen molar-refractivity contribution < 1.29 is 75.7 Å². The van der Waals surface area contributed by atoms with Gasteiger partial charge in [-0.15, -0.1) is 0 Å². The number of ketones is 1. The minimum Gasteiger partial charge on any atom is -0.429 e. The third-order valence-corrected chi connectivity index (χ3v) is 10.3. The Hall–Kier alpha value is -3.78. The fraction of sp³-hybridized carbons (Fsp3) is 0.208. The molecule has 0 saturated carbocycles. The molecule has 1 aliphatic rings. The molecule has 2 aromatic heterocycles. The fourth-order valence-corrected chi connectivity index (χ4v) is 7.55. The van der Waals surface area contributed by atoms with Crippen LogP contribution in [0.25, 0.3) is 11.2 Å². The molecule has 0 radical (unpaired) electrons. The van der Waals surface area contributed by atoms with Gasteiger partial charge in [0.2, 0.25) is 6.29 Å². The number of nitrogen functional groups attached to an aromatic ring is 1. The maximum absolute atomic E-state index is 13.2. The molecular weight excluding hydrogens is 707 g/mol. The second-order valence-corrected chi connectivity index (χ2v) is 14.2. The molecule has 0 amide bonds. The standard InChI is InChI=1S/C24H24N5O16P3/c25-20-15-21(27-10-26-20)29(11-28-15)22-18(32)17(31)19(41-22)24(43-47(37,38)45-48(39,40)44-46(34,35)36)42-23(33)14-8-6-13(7-9-14)16(30)12-4-2-1-3-5-12/h1-11,17-19,22,24,31-32H,(H,37,38)(H,39,40)(H2,25,26,27)(H2,34,35,36)/t17-,18+,19-,22+,24?/m0/s1. The van der Waals surface area contributed by atoms with Gasteiger partial charge >= 0.3 is 29.4 Å². The number of carbonyl (C=O) groups is 2. The molecule has 3 unspecified atom stereocenters. The van der Waals surface area contributed by atoms with Gasteiger partial charge in [0.1, 0.15) is 24.1 Å². The van der Waals surface area contributed by atoms with Gasteiger partial charge in [0, 0.05) is 11.1 Å². The van der Waals surface area contributed by atoms with E-state index < -0.39 is 60.3 Å². The SMILES string of the molecule is Nc1ncnc2c1ncn2[C@@H]1O[C@H](C(OC(=O)c2ccc(C(=O)c3ccccc3)cc2)OP(=O)(O)OP(=O)(O)OP(=O)(O)O)[C@@H](O)[C@H]1O. The number of phosphoric ester groups is 1. The van der Waals surface area contributed by atoms with E-state index >= 15 is 0 Å². The maximum atomic E-state index is 13.2. The van der Waals surface area contributed by atoms with Crippen molar-refractivity contribution in [2.24, 2.45) is 0 Å². The number of phosphoric acid groups is 3. The van der Waals surface area contributed by atoms with E-state index in [1.807, 2.05) is 0 Å². The van der Waals surface area contributed by atoms with Crippen LogP contribution >= 0.6 is 23.5 Å². The molecule has 48 heavy (non-hydrogen) atoms. The van der Waals surface area contributed by atoms with Crippen LogP contribution in [0.3, 0.4) is 0 Å². The first-order valence-electron chi connectivity index (χ1n) is 13.1. The third-order valence-electron chi connectivity index (χ3n) is 6.50. The first-order chi connectivity index (χ1) is 22.4. The van der Waals surface area contributed by atoms with Crippen LogP contribution in [0, 0.1) is 0 Å². The summed E-state index contributed by atoms with van der Waals surface area (Å²) in [5.41, 5.74) is 6.09. The van der Waals surface area contributed by atoms with Gasteiger partial charge in [-0.2, -0.15) is 8.62 Å². The van der Waals surface area contributed by atoms with Crippen LogP contribution in [-0.2, 0) is 36.3 Å². The summed E-state index contributed by atoms with van der Waals surface area (Å²) in [7, 11) is -17.8. The summed E-state index contributed by atoms with van der Waals surface area (Å²) >= 11 is 0. The highest BCUT2D eigenvalue weighted by atomic mass is 31.3. The highest BCUT2D eigenvalue weighted by Crippen LogP contribution is 2.66. The zero-order valence-corrected chi connectivity index (χ0v) is 26.4. The van der Waals surface area contributed by atoms with Gasteiger partial charge in [0.25, 0.3) is 0 Å². The number of esters is 1. The number of aromatic nitrogens is 4. The van der Waals surface area contributed by atoms with E-state index in [9.17, 15) is 43.3 Å². The Morgan fingerprint density at radius 2 is 1.46 bits per heavy atom. The van der Waals surface area contributed by atoms with Crippen molar-refractivity contribution in [3.63, 3.8) is 0 Å². The Bertz CT molecular complexity index is 1970. The quantitative estimate of drug-likeness (QED) is 0.0458. The molecule has 1 aliphatic heterocycles. The van der Waals surface area contributed by atoms with E-state index in [1.54, 1.807) is 30.3 Å². The number of imidazole rings is 1. The number of hydrogen-bond donors (Lipinski definition) is 7. The molecule has 0 aliphatic carbocycles. The van der Waals surface area contributed by atoms with Crippen molar-refractivity contribution in [3.8, 4) is 0 Å². The van der Waals surface area contributed by atoms with Crippen LogP contribution < -0.4 is 5.73 Å². The molecule has 7 atom stereocenters. The Morgan fingerprint density at radius 1 is 0.833 bits per heavy atom. The minimum atomic E-state index is -6.03. The number of anilines is 1. The van der Waals surface area contributed by atoms with Gasteiger partial charge in [-0.25, -0.2) is 38.0 Å². The predicted molar refractivity (Wildman–Crippen MR) is 156 cm³/mol. The number of fused-ring (bicyclic) bond motifs is 1. The molecule has 8 N–H and O–H groups in total. The highest BCUT2D eigenvalue weighted by Gasteiger charge is 2.53. The molecular formula is C24H24N5O16P3. The molecule has 3 heterocycles. The molecule has 4 aromatic rings. The first kappa shape index (κ1) is 35.5. The van der Waals surface area contributed by atoms with Crippen molar-refractivity contribution in [3.05, 3.63) is 83.9 Å². The number of hydrogen-bond acceptors (Lipinski definition) is 16. The molecule has 256 valence electrons. The minimum absolute atomic E-state index is 0.00553. The lowest BCUT2D eigenvalue weighted by Gasteiger charge is -2.27. The second-order valence-electron chi connectivity index (χ2n) is 9.80. The number of aliphatic hydroxyl groups excluding tert-OH is 2. The van der Waals surface area contributed by atoms with Crippen molar-refractivity contribution in [2.45, 2.75) is 30.8 Å². The summed E-state index contributed by atoms with van der Waals surface area (Å²) < 4.78 is 59.7. The monoisotopic (exact) mass is 731 g/mol. The van der Waals surface area contributed by atoms with Gasteiger partial charge < -0.3 is 45.0 Å². The zero-order chi connectivity index (χ0) is 35.0. The number of benzene rings is 2. The molecule has 24 heteroatoms. The summed E-state index contributed by atoms with van der Waals surface area (Å²) in [6.07, 6.45) is -8.07. The number of ether oxygens (including phenoxy) is 2. The molecule has 2 aromatic carbocycles.